The molecule has 0 heterocycles. The van der Waals surface area contributed by atoms with Crippen LogP contribution in [0.4, 0.5) is 5.69 Å². The standard InChI is InChI=1S/C18H21N2O6P.C2H6/c1-13(2)24-18(21)14(3)19-27(25-16-7-5-4-6-8-16)26-17-11-9-15(10-12-17)20(22)23;1-2/h4-14,19H,1-3H3;1-2H3. The van der Waals surface area contributed by atoms with E-state index in [0.717, 1.165) is 0 Å². The van der Waals surface area contributed by atoms with Gasteiger partial charge in [-0.15, -0.1) is 0 Å². The minimum atomic E-state index is -1.76. The zero-order chi connectivity index (χ0) is 21.8. The van der Waals surface area contributed by atoms with Crippen LogP contribution in [0, 0.1) is 10.1 Å². The first-order valence-corrected chi connectivity index (χ1v) is 10.4. The number of nitrogens with one attached hydrogen (secondary N) is 1. The van der Waals surface area contributed by atoms with Crippen molar-refractivity contribution in [3.05, 3.63) is 64.7 Å². The van der Waals surface area contributed by atoms with E-state index < -0.39 is 25.5 Å². The van der Waals surface area contributed by atoms with E-state index in [0.29, 0.717) is 11.5 Å². The van der Waals surface area contributed by atoms with Crippen LogP contribution >= 0.6 is 8.53 Å². The molecule has 2 aromatic carbocycles. The molecule has 2 atom stereocenters. The van der Waals surface area contributed by atoms with Gasteiger partial charge in [0, 0.05) is 12.1 Å². The largest absolute Gasteiger partial charge is 0.462 e. The van der Waals surface area contributed by atoms with E-state index in [1.165, 1.54) is 24.3 Å². The average Bonchev–Trinajstić information content (AvgIpc) is 2.70. The quantitative estimate of drug-likeness (QED) is 0.255. The highest BCUT2D eigenvalue weighted by molar-refractivity contribution is 7.45. The Hall–Kier alpha value is -2.70. The lowest BCUT2D eigenvalue weighted by Gasteiger charge is -2.22. The smallest absolute Gasteiger partial charge is 0.382 e. The van der Waals surface area contributed by atoms with Crippen molar-refractivity contribution < 1.29 is 23.5 Å². The van der Waals surface area contributed by atoms with Crippen molar-refractivity contribution in [2.24, 2.45) is 0 Å². The number of non-ortho nitro benzene ring substituents is 1. The Bertz CT molecular complexity index is 755. The Morgan fingerprint density at radius 1 is 0.966 bits per heavy atom. The summed E-state index contributed by atoms with van der Waals surface area (Å²) in [7, 11) is -1.76. The number of benzene rings is 2. The number of nitrogens with zero attached hydrogens (tertiary/aromatic N) is 1. The molecule has 8 nitrogen and oxygen atoms in total. The summed E-state index contributed by atoms with van der Waals surface area (Å²) in [5.41, 5.74) is -0.0440. The number of rotatable bonds is 9. The van der Waals surface area contributed by atoms with Crippen LogP contribution in [0.1, 0.15) is 34.6 Å². The van der Waals surface area contributed by atoms with Crippen LogP contribution in [0.2, 0.25) is 0 Å². The van der Waals surface area contributed by atoms with Gasteiger partial charge < -0.3 is 13.8 Å². The van der Waals surface area contributed by atoms with E-state index >= 15 is 0 Å². The van der Waals surface area contributed by atoms with Gasteiger partial charge in [-0.2, -0.15) is 0 Å². The van der Waals surface area contributed by atoms with Crippen LogP contribution in [0.25, 0.3) is 0 Å². The molecule has 0 saturated carbocycles. The molecule has 2 unspecified atom stereocenters. The van der Waals surface area contributed by atoms with Crippen LogP contribution in [-0.4, -0.2) is 23.0 Å². The summed E-state index contributed by atoms with van der Waals surface area (Å²) in [5, 5.41) is 13.7. The molecule has 0 radical (unpaired) electrons. The number of hydrogen-bond acceptors (Lipinski definition) is 7. The van der Waals surface area contributed by atoms with Gasteiger partial charge in [0.1, 0.15) is 17.5 Å². The van der Waals surface area contributed by atoms with Crippen LogP contribution in [0.15, 0.2) is 54.6 Å². The van der Waals surface area contributed by atoms with Crippen molar-refractivity contribution in [1.82, 2.24) is 5.09 Å². The molecular weight excluding hydrogens is 395 g/mol. The minimum absolute atomic E-state index is 0.0440. The van der Waals surface area contributed by atoms with Crippen molar-refractivity contribution in [3.63, 3.8) is 0 Å². The minimum Gasteiger partial charge on any atom is -0.462 e. The molecule has 0 aliphatic heterocycles. The van der Waals surface area contributed by atoms with E-state index in [1.807, 2.05) is 32.0 Å². The molecule has 0 aromatic heterocycles. The Kier molecular flexibility index (Phi) is 10.7. The molecule has 29 heavy (non-hydrogen) atoms. The molecule has 0 aliphatic carbocycles. The van der Waals surface area contributed by atoms with Gasteiger partial charge in [0.15, 0.2) is 0 Å². The number of para-hydroxylation sites is 1. The predicted molar refractivity (Wildman–Crippen MR) is 113 cm³/mol. The van der Waals surface area contributed by atoms with Crippen LogP contribution in [0.3, 0.4) is 0 Å². The van der Waals surface area contributed by atoms with Crippen LogP contribution in [0.5, 0.6) is 11.5 Å². The summed E-state index contributed by atoms with van der Waals surface area (Å²) >= 11 is 0. The molecule has 158 valence electrons. The van der Waals surface area contributed by atoms with Gasteiger partial charge in [0.05, 0.1) is 11.0 Å². The third-order valence-electron chi connectivity index (χ3n) is 3.17. The van der Waals surface area contributed by atoms with Gasteiger partial charge in [0.25, 0.3) is 5.69 Å². The molecule has 0 amide bonds. The maximum atomic E-state index is 12.1. The zero-order valence-corrected chi connectivity index (χ0v) is 18.1. The number of carbonyl (C=O) groups is 1. The Balaban J connectivity index is 0.00000204. The second-order valence-electron chi connectivity index (χ2n) is 5.84. The lowest BCUT2D eigenvalue weighted by Crippen LogP contribution is -2.35. The third kappa shape index (κ3) is 8.89. The van der Waals surface area contributed by atoms with E-state index in [9.17, 15) is 14.9 Å². The van der Waals surface area contributed by atoms with E-state index in [2.05, 4.69) is 5.09 Å². The number of nitro groups is 1. The monoisotopic (exact) mass is 422 g/mol. The first-order valence-electron chi connectivity index (χ1n) is 9.27. The van der Waals surface area contributed by atoms with Gasteiger partial charge in [-0.05, 0) is 45.0 Å². The number of hydrogen-bond donors (Lipinski definition) is 1. The summed E-state index contributed by atoms with van der Waals surface area (Å²) in [6.07, 6.45) is -0.237. The topological polar surface area (TPSA) is 99.9 Å². The highest BCUT2D eigenvalue weighted by atomic mass is 31.2. The van der Waals surface area contributed by atoms with Crippen LogP contribution < -0.4 is 14.1 Å². The average molecular weight is 422 g/mol. The zero-order valence-electron chi connectivity index (χ0n) is 17.2. The Morgan fingerprint density at radius 2 is 1.48 bits per heavy atom. The highest BCUT2D eigenvalue weighted by Gasteiger charge is 2.24. The maximum Gasteiger partial charge on any atom is 0.382 e. The number of ether oxygens (including phenoxy) is 1. The van der Waals surface area contributed by atoms with Crippen molar-refractivity contribution in [1.29, 1.82) is 0 Å². The Labute approximate surface area is 172 Å². The summed E-state index contributed by atoms with van der Waals surface area (Å²) in [6.45, 7) is 9.18. The van der Waals surface area contributed by atoms with Crippen molar-refractivity contribution >= 4 is 20.2 Å². The van der Waals surface area contributed by atoms with Crippen molar-refractivity contribution in [3.8, 4) is 11.5 Å². The number of esters is 1. The van der Waals surface area contributed by atoms with Crippen LogP contribution in [-0.2, 0) is 9.53 Å². The lowest BCUT2D eigenvalue weighted by atomic mass is 10.3. The van der Waals surface area contributed by atoms with Crippen molar-refractivity contribution in [2.75, 3.05) is 0 Å². The van der Waals surface area contributed by atoms with Gasteiger partial charge in [0.2, 0.25) is 0 Å². The Morgan fingerprint density at radius 3 is 1.97 bits per heavy atom. The molecule has 0 fully saturated rings. The molecule has 1 N–H and O–H groups in total. The normalized spacial score (nSPS) is 12.2. The molecule has 0 spiro atoms. The first kappa shape index (κ1) is 24.3. The molecule has 2 rings (SSSR count). The summed E-state index contributed by atoms with van der Waals surface area (Å²) in [5.74, 6) is 0.503. The SMILES string of the molecule is CC.CC(C)OC(=O)C(C)NP(Oc1ccccc1)Oc1ccc([N+](=O)[O-])cc1. The van der Waals surface area contributed by atoms with E-state index in [4.69, 9.17) is 13.8 Å². The molecule has 0 saturated heterocycles. The molecule has 0 aliphatic rings. The van der Waals surface area contributed by atoms with Gasteiger partial charge in [-0.25, -0.2) is 5.09 Å². The number of nitro benzene ring substituents is 1. The van der Waals surface area contributed by atoms with E-state index in [1.54, 1.807) is 32.9 Å². The number of carbonyl (C=O) groups excluding carboxylic acids is 1. The molecule has 0 bridgehead atoms. The second kappa shape index (κ2) is 12.7. The van der Waals surface area contributed by atoms with Crippen molar-refractivity contribution in [2.45, 2.75) is 46.8 Å². The molecular formula is C20H27N2O6P. The van der Waals surface area contributed by atoms with Gasteiger partial charge >= 0.3 is 14.5 Å². The van der Waals surface area contributed by atoms with E-state index in [-0.39, 0.29) is 11.8 Å². The second-order valence-corrected chi connectivity index (χ2v) is 6.98. The summed E-state index contributed by atoms with van der Waals surface area (Å²) in [6, 6.07) is 13.9. The summed E-state index contributed by atoms with van der Waals surface area (Å²) < 4.78 is 16.8. The van der Waals surface area contributed by atoms with Gasteiger partial charge in [-0.3, -0.25) is 14.9 Å². The first-order chi connectivity index (χ1) is 13.8. The molecule has 2 aromatic rings. The lowest BCUT2D eigenvalue weighted by molar-refractivity contribution is -0.384. The fraction of sp³-hybridized carbons (Fsp3) is 0.350. The third-order valence-corrected chi connectivity index (χ3v) is 4.52. The molecule has 9 heteroatoms. The maximum absolute atomic E-state index is 12.1. The fourth-order valence-corrected chi connectivity index (χ4v) is 3.11. The fourth-order valence-electron chi connectivity index (χ4n) is 1.92. The predicted octanol–water partition coefficient (Wildman–Crippen LogP) is 5.24. The highest BCUT2D eigenvalue weighted by Crippen LogP contribution is 2.37. The summed E-state index contributed by atoms with van der Waals surface area (Å²) in [4.78, 5) is 22.3. The van der Waals surface area contributed by atoms with Gasteiger partial charge in [-0.1, -0.05) is 32.0 Å².